The fourth-order valence-electron chi connectivity index (χ4n) is 1.75. The zero-order valence-corrected chi connectivity index (χ0v) is 19.4. The predicted molar refractivity (Wildman–Crippen MR) is 125 cm³/mol. The maximum atomic E-state index is 3.79. The summed E-state index contributed by atoms with van der Waals surface area (Å²) in [6.07, 6.45) is 8.25. The monoisotopic (exact) mass is 356 g/mol. The van der Waals surface area contributed by atoms with Gasteiger partial charge in [-0.25, -0.2) is 0 Å². The maximum absolute atomic E-state index is 3.79. The molecule has 0 nitrogen and oxygen atoms in total. The lowest BCUT2D eigenvalue weighted by molar-refractivity contribution is 0.865. The highest BCUT2D eigenvalue weighted by Crippen LogP contribution is 2.14. The first-order chi connectivity index (χ1) is 12.3. The minimum absolute atomic E-state index is 0.653. The van der Waals surface area contributed by atoms with Gasteiger partial charge in [0.15, 0.2) is 0 Å². The van der Waals surface area contributed by atoms with Crippen LogP contribution in [0.25, 0.3) is 0 Å². The Balaban J connectivity index is -0.000000344. The first-order valence-electron chi connectivity index (χ1n) is 9.98. The molecule has 0 aromatic heterocycles. The zero-order chi connectivity index (χ0) is 21.1. The summed E-state index contributed by atoms with van der Waals surface area (Å²) in [5.41, 5.74) is 6.49. The van der Waals surface area contributed by atoms with Gasteiger partial charge in [-0.15, -0.1) is 0 Å². The number of benzene rings is 1. The topological polar surface area (TPSA) is 0 Å². The van der Waals surface area contributed by atoms with Crippen molar-refractivity contribution < 1.29 is 0 Å². The standard InChI is InChI=1S/C12H18.C10H14.2C2H6/c1-6-11(4)12(5)9-7-8-10(2)3;1-8(2)10-6-4-5-9(3)7-10;2*1-2/h6-9H,2H2,1,3-5H3;4-8H,1-3H3;2*1-2H3/b8-7+,11-6+,12-9-;;;. The summed E-state index contributed by atoms with van der Waals surface area (Å²) in [6, 6.07) is 8.67. The van der Waals surface area contributed by atoms with Gasteiger partial charge < -0.3 is 0 Å². The fraction of sp³-hybridized carbons (Fsp3) is 0.462. The Morgan fingerprint density at radius 1 is 0.962 bits per heavy atom. The third-order valence-corrected chi connectivity index (χ3v) is 3.49. The van der Waals surface area contributed by atoms with E-state index in [0.29, 0.717) is 5.92 Å². The van der Waals surface area contributed by atoms with Gasteiger partial charge in [0.25, 0.3) is 0 Å². The third-order valence-electron chi connectivity index (χ3n) is 3.49. The van der Waals surface area contributed by atoms with E-state index in [1.54, 1.807) is 0 Å². The molecule has 1 rings (SSSR count). The lowest BCUT2D eigenvalue weighted by Gasteiger charge is -2.04. The van der Waals surface area contributed by atoms with Crippen LogP contribution in [0.1, 0.15) is 86.3 Å². The van der Waals surface area contributed by atoms with Gasteiger partial charge in [0.1, 0.15) is 0 Å². The Hall–Kier alpha value is -1.82. The van der Waals surface area contributed by atoms with E-state index in [-0.39, 0.29) is 0 Å². The number of rotatable bonds is 4. The van der Waals surface area contributed by atoms with Crippen molar-refractivity contribution in [2.75, 3.05) is 0 Å². The van der Waals surface area contributed by atoms with E-state index >= 15 is 0 Å². The second kappa shape index (κ2) is 19.5. The van der Waals surface area contributed by atoms with Gasteiger partial charge in [0.05, 0.1) is 0 Å². The molecule has 0 unspecified atom stereocenters. The van der Waals surface area contributed by atoms with Crippen molar-refractivity contribution in [3.05, 3.63) is 83.0 Å². The van der Waals surface area contributed by atoms with E-state index in [4.69, 9.17) is 0 Å². The molecule has 0 atom stereocenters. The van der Waals surface area contributed by atoms with E-state index in [9.17, 15) is 0 Å². The normalized spacial score (nSPS) is 10.9. The highest BCUT2D eigenvalue weighted by Gasteiger charge is 1.96. The van der Waals surface area contributed by atoms with Crippen molar-refractivity contribution in [3.8, 4) is 0 Å². The predicted octanol–water partition coefficient (Wildman–Crippen LogP) is 9.20. The molecule has 0 aliphatic carbocycles. The summed E-state index contributed by atoms with van der Waals surface area (Å²) in [4.78, 5) is 0. The van der Waals surface area contributed by atoms with Gasteiger partial charge >= 0.3 is 0 Å². The van der Waals surface area contributed by atoms with Crippen LogP contribution in [0.4, 0.5) is 0 Å². The van der Waals surface area contributed by atoms with E-state index in [2.05, 4.69) is 84.5 Å². The highest BCUT2D eigenvalue weighted by atomic mass is 14.0. The van der Waals surface area contributed by atoms with Crippen LogP contribution < -0.4 is 0 Å². The van der Waals surface area contributed by atoms with Gasteiger partial charge in [0, 0.05) is 0 Å². The third kappa shape index (κ3) is 17.0. The molecule has 0 radical (unpaired) electrons. The van der Waals surface area contributed by atoms with Crippen LogP contribution in [0, 0.1) is 6.92 Å². The van der Waals surface area contributed by atoms with Gasteiger partial charge in [-0.05, 0) is 51.7 Å². The quantitative estimate of drug-likeness (QED) is 0.471. The lowest BCUT2D eigenvalue weighted by atomic mass is 10.0. The van der Waals surface area contributed by atoms with Crippen LogP contribution in [0.2, 0.25) is 0 Å². The van der Waals surface area contributed by atoms with E-state index < -0.39 is 0 Å². The molecule has 0 aliphatic heterocycles. The second-order valence-electron chi connectivity index (χ2n) is 6.10. The molecule has 1 aromatic rings. The van der Waals surface area contributed by atoms with Crippen LogP contribution in [-0.2, 0) is 0 Å². The smallest absolute Gasteiger partial charge is 0.0219 e. The molecular formula is C26H44. The molecular weight excluding hydrogens is 312 g/mol. The fourth-order valence-corrected chi connectivity index (χ4v) is 1.75. The molecule has 0 saturated carbocycles. The maximum Gasteiger partial charge on any atom is -0.0219 e. The molecule has 0 aliphatic rings. The second-order valence-corrected chi connectivity index (χ2v) is 6.10. The molecule has 0 amide bonds. The molecule has 1 aromatic carbocycles. The summed E-state index contributed by atoms with van der Waals surface area (Å²) in [6.45, 7) is 26.6. The van der Waals surface area contributed by atoms with Crippen molar-refractivity contribution in [2.24, 2.45) is 0 Å². The zero-order valence-electron chi connectivity index (χ0n) is 19.4. The molecule has 0 saturated heterocycles. The van der Waals surface area contributed by atoms with Gasteiger partial charge in [0.2, 0.25) is 0 Å². The molecule has 0 bridgehead atoms. The highest BCUT2D eigenvalue weighted by molar-refractivity contribution is 5.31. The van der Waals surface area contributed by atoms with Crippen molar-refractivity contribution in [2.45, 2.75) is 82.1 Å². The van der Waals surface area contributed by atoms with E-state index in [1.165, 1.54) is 22.3 Å². The summed E-state index contributed by atoms with van der Waals surface area (Å²) in [5.74, 6) is 0.653. The molecule has 0 N–H and O–H groups in total. The van der Waals surface area contributed by atoms with Crippen molar-refractivity contribution >= 4 is 0 Å². The Morgan fingerprint density at radius 2 is 1.50 bits per heavy atom. The van der Waals surface area contributed by atoms with Gasteiger partial charge in [-0.3, -0.25) is 0 Å². The van der Waals surface area contributed by atoms with E-state index in [1.807, 2.05) is 46.8 Å². The van der Waals surface area contributed by atoms with Gasteiger partial charge in [-0.2, -0.15) is 0 Å². The summed E-state index contributed by atoms with van der Waals surface area (Å²) in [7, 11) is 0. The van der Waals surface area contributed by atoms with E-state index in [0.717, 1.165) is 5.57 Å². The number of hydrogen-bond donors (Lipinski definition) is 0. The van der Waals surface area contributed by atoms with Crippen LogP contribution in [-0.4, -0.2) is 0 Å². The number of allylic oxidation sites excluding steroid dienone is 7. The SMILES string of the molecule is C=C(C)/C=C/C=C(C)\C(C)=C\C.CC.CC.Cc1cccc(C(C)C)c1. The molecule has 0 spiro atoms. The molecule has 0 heterocycles. The number of aryl methyl sites for hydroxylation is 1. The molecule has 0 heteroatoms. The largest absolute Gasteiger partial charge is 0.0961 e. The first kappa shape index (κ1) is 29.0. The van der Waals surface area contributed by atoms with Crippen LogP contribution in [0.5, 0.6) is 0 Å². The van der Waals surface area contributed by atoms with Crippen molar-refractivity contribution in [1.29, 1.82) is 0 Å². The van der Waals surface area contributed by atoms with Crippen LogP contribution in [0.15, 0.2) is 71.9 Å². The Labute approximate surface area is 165 Å². The minimum atomic E-state index is 0.653. The summed E-state index contributed by atoms with van der Waals surface area (Å²) < 4.78 is 0. The van der Waals surface area contributed by atoms with Crippen molar-refractivity contribution in [1.82, 2.24) is 0 Å². The molecule has 148 valence electrons. The minimum Gasteiger partial charge on any atom is -0.0961 e. The molecule has 0 fully saturated rings. The lowest BCUT2D eigenvalue weighted by Crippen LogP contribution is -1.86. The Morgan fingerprint density at radius 3 is 1.85 bits per heavy atom. The van der Waals surface area contributed by atoms with Crippen LogP contribution in [0.3, 0.4) is 0 Å². The summed E-state index contributed by atoms with van der Waals surface area (Å²) >= 11 is 0. The Bertz CT molecular complexity index is 551. The summed E-state index contributed by atoms with van der Waals surface area (Å²) in [5, 5.41) is 0. The number of hydrogen-bond acceptors (Lipinski definition) is 0. The van der Waals surface area contributed by atoms with Crippen LogP contribution >= 0.6 is 0 Å². The van der Waals surface area contributed by atoms with Gasteiger partial charge in [-0.1, -0.05) is 113 Å². The first-order valence-corrected chi connectivity index (χ1v) is 9.98. The van der Waals surface area contributed by atoms with Crippen molar-refractivity contribution in [3.63, 3.8) is 0 Å². The Kier molecular flexibility index (Phi) is 21.7. The molecule has 26 heavy (non-hydrogen) atoms. The average molecular weight is 357 g/mol. The average Bonchev–Trinajstić information content (AvgIpc) is 2.64.